The summed E-state index contributed by atoms with van der Waals surface area (Å²) in [6.07, 6.45) is 5.53. The molecule has 1 heterocycles. The zero-order valence-electron chi connectivity index (χ0n) is 7.69. The topological polar surface area (TPSA) is 75.7 Å². The lowest BCUT2D eigenvalue weighted by atomic mass is 10.1. The van der Waals surface area contributed by atoms with E-state index < -0.39 is 16.2 Å². The summed E-state index contributed by atoms with van der Waals surface area (Å²) in [6, 6.07) is -0.622. The number of hydrogen-bond donors (Lipinski definition) is 2. The van der Waals surface area contributed by atoms with Crippen LogP contribution < -0.4 is 5.73 Å². The van der Waals surface area contributed by atoms with Crippen LogP contribution in [0, 0.1) is 0 Å². The van der Waals surface area contributed by atoms with Crippen molar-refractivity contribution in [3.8, 4) is 0 Å². The number of aliphatic hydroxyl groups is 1. The molecule has 1 aliphatic rings. The van der Waals surface area contributed by atoms with Gasteiger partial charge in [-0.2, -0.15) is 0 Å². The van der Waals surface area contributed by atoms with E-state index in [0.717, 1.165) is 0 Å². The first kappa shape index (κ1) is 9.88. The molecule has 0 aromatic rings. The predicted molar refractivity (Wildman–Crippen MR) is 47.6 cm³/mol. The number of rotatable bonds is 2. The minimum atomic E-state index is -1.01. The van der Waals surface area contributed by atoms with Crippen molar-refractivity contribution in [3.05, 3.63) is 12.3 Å². The van der Waals surface area contributed by atoms with Crippen molar-refractivity contribution < 1.29 is 14.5 Å². The van der Waals surface area contributed by atoms with E-state index in [9.17, 15) is 9.90 Å². The van der Waals surface area contributed by atoms with E-state index in [2.05, 4.69) is 11.3 Å². The average molecular weight is 183 g/mol. The van der Waals surface area contributed by atoms with Gasteiger partial charge in [-0.25, -0.2) is 4.79 Å². The maximum absolute atomic E-state index is 11.1. The maximum atomic E-state index is 11.1. The largest absolute Gasteiger partial charge is 0.445 e. The Bertz CT molecular complexity index is 264. The molecule has 1 unspecified atom stereocenters. The summed E-state index contributed by atoms with van der Waals surface area (Å²) in [4.78, 5) is 11.1. The predicted octanol–water partition coefficient (Wildman–Crippen LogP) is 0.0429. The van der Waals surface area contributed by atoms with E-state index in [0.29, 0.717) is 0 Å². The first-order valence-corrected chi connectivity index (χ1v) is 3.91. The number of nitrogens with zero attached hydrogens (tertiary/aromatic N) is 2. The Labute approximate surface area is 76.7 Å². The van der Waals surface area contributed by atoms with Crippen LogP contribution in [0.3, 0.4) is 0 Å². The van der Waals surface area contributed by atoms with Crippen LogP contribution in [0.2, 0.25) is 0 Å². The van der Waals surface area contributed by atoms with Crippen LogP contribution in [0.25, 0.3) is 0 Å². The van der Waals surface area contributed by atoms with Crippen molar-refractivity contribution >= 4 is 12.2 Å². The molecule has 0 saturated heterocycles. The number of urea groups is 1. The molecule has 0 aromatic heterocycles. The Morgan fingerprint density at radius 1 is 1.77 bits per heavy atom. The SMILES string of the molecule is CC(C)(O)C[N+]1(C(N)=O)C=C[C]=N1. The molecule has 1 atom stereocenters. The molecule has 13 heavy (non-hydrogen) atoms. The lowest BCUT2D eigenvalue weighted by Crippen LogP contribution is -2.52. The van der Waals surface area contributed by atoms with Gasteiger partial charge in [0.1, 0.15) is 18.3 Å². The van der Waals surface area contributed by atoms with Crippen LogP contribution >= 0.6 is 0 Å². The molecule has 1 aliphatic heterocycles. The minimum absolute atomic E-state index is 0.117. The average Bonchev–Trinajstić information content (AvgIpc) is 2.33. The van der Waals surface area contributed by atoms with Gasteiger partial charge in [-0.15, -0.1) is 0 Å². The normalized spacial score (nSPS) is 26.7. The fourth-order valence-electron chi connectivity index (χ4n) is 1.20. The second-order valence-corrected chi connectivity index (χ2v) is 3.68. The highest BCUT2D eigenvalue weighted by Crippen LogP contribution is 2.19. The van der Waals surface area contributed by atoms with Gasteiger partial charge >= 0.3 is 6.03 Å². The number of carbonyl (C=O) groups is 1. The number of carbonyl (C=O) groups excluding carboxylic acids is 1. The second-order valence-electron chi connectivity index (χ2n) is 3.68. The number of hydrogen-bond acceptors (Lipinski definition) is 3. The molecule has 5 heteroatoms. The number of allylic oxidation sites excluding steroid dienone is 1. The zero-order chi connectivity index (χ0) is 10.1. The Morgan fingerprint density at radius 3 is 2.69 bits per heavy atom. The Kier molecular flexibility index (Phi) is 2.23. The quantitative estimate of drug-likeness (QED) is 0.593. The van der Waals surface area contributed by atoms with Gasteiger partial charge in [-0.1, -0.05) is 9.69 Å². The van der Waals surface area contributed by atoms with E-state index in [1.807, 2.05) is 0 Å². The van der Waals surface area contributed by atoms with Crippen LogP contribution in [0.1, 0.15) is 13.8 Å². The molecule has 5 nitrogen and oxygen atoms in total. The van der Waals surface area contributed by atoms with Crippen molar-refractivity contribution in [2.75, 3.05) is 6.54 Å². The van der Waals surface area contributed by atoms with Crippen LogP contribution in [-0.2, 0) is 0 Å². The summed E-state index contributed by atoms with van der Waals surface area (Å²) in [5.41, 5.74) is 4.17. The monoisotopic (exact) mass is 183 g/mol. The van der Waals surface area contributed by atoms with Crippen molar-refractivity contribution in [1.29, 1.82) is 0 Å². The fourth-order valence-corrected chi connectivity index (χ4v) is 1.20. The molecular formula is C8H13N3O2+. The van der Waals surface area contributed by atoms with Crippen molar-refractivity contribution in [2.45, 2.75) is 19.4 Å². The summed E-state index contributed by atoms with van der Waals surface area (Å²) in [5, 5.41) is 13.3. The Balaban J connectivity index is 2.88. The standard InChI is InChI=1S/C8H12N3O2/c1-8(2,13)6-11(7(9)12)5-3-4-10-11/h3,5,13H,6H2,1-2H3,(H-,9,12)/p+1. The molecule has 0 aromatic carbocycles. The second kappa shape index (κ2) is 2.93. The number of primary amides is 1. The molecular weight excluding hydrogens is 170 g/mol. The van der Waals surface area contributed by atoms with E-state index in [1.54, 1.807) is 13.8 Å². The van der Waals surface area contributed by atoms with Gasteiger partial charge in [0.25, 0.3) is 0 Å². The highest BCUT2D eigenvalue weighted by Gasteiger charge is 2.40. The molecule has 71 valence electrons. The van der Waals surface area contributed by atoms with Crippen molar-refractivity contribution in [3.63, 3.8) is 0 Å². The van der Waals surface area contributed by atoms with Gasteiger partial charge in [-0.05, 0) is 13.8 Å². The van der Waals surface area contributed by atoms with E-state index in [1.165, 1.54) is 12.3 Å². The summed E-state index contributed by atoms with van der Waals surface area (Å²) in [7, 11) is 0. The Morgan fingerprint density at radius 2 is 2.38 bits per heavy atom. The molecule has 0 saturated carbocycles. The van der Waals surface area contributed by atoms with Crippen LogP contribution in [0.4, 0.5) is 4.79 Å². The van der Waals surface area contributed by atoms with Crippen molar-refractivity contribution in [1.82, 2.24) is 0 Å². The van der Waals surface area contributed by atoms with Crippen LogP contribution in [0.5, 0.6) is 0 Å². The van der Waals surface area contributed by atoms with Crippen LogP contribution in [0.15, 0.2) is 17.4 Å². The summed E-state index contributed by atoms with van der Waals surface area (Å²) in [6.45, 7) is 3.31. The third kappa shape index (κ3) is 2.13. The third-order valence-electron chi connectivity index (χ3n) is 1.64. The van der Waals surface area contributed by atoms with Crippen LogP contribution in [-0.4, -0.2) is 34.1 Å². The highest BCUT2D eigenvalue weighted by molar-refractivity contribution is 5.75. The first-order valence-electron chi connectivity index (χ1n) is 3.91. The van der Waals surface area contributed by atoms with Gasteiger partial charge in [0.2, 0.25) is 0 Å². The summed E-state index contributed by atoms with van der Waals surface area (Å²) < 4.78 is -0.413. The fraction of sp³-hybridized carbons (Fsp3) is 0.500. The molecule has 2 amide bonds. The molecule has 1 rings (SSSR count). The number of quaternary nitrogens is 1. The van der Waals surface area contributed by atoms with Gasteiger partial charge < -0.3 is 10.8 Å². The number of nitrogens with two attached hydrogens (primary N) is 1. The molecule has 0 aliphatic carbocycles. The van der Waals surface area contributed by atoms with Gasteiger partial charge in [-0.3, -0.25) is 0 Å². The maximum Gasteiger partial charge on any atom is 0.445 e. The van der Waals surface area contributed by atoms with E-state index in [-0.39, 0.29) is 6.54 Å². The molecule has 0 spiro atoms. The lowest BCUT2D eigenvalue weighted by Gasteiger charge is -2.26. The highest BCUT2D eigenvalue weighted by atomic mass is 16.3. The van der Waals surface area contributed by atoms with Gasteiger partial charge in [0, 0.05) is 6.08 Å². The van der Waals surface area contributed by atoms with Crippen molar-refractivity contribution in [2.24, 2.45) is 10.8 Å². The van der Waals surface area contributed by atoms with Gasteiger partial charge in [0.15, 0.2) is 6.21 Å². The number of amides is 2. The zero-order valence-corrected chi connectivity index (χ0v) is 7.69. The molecule has 0 fully saturated rings. The van der Waals surface area contributed by atoms with E-state index >= 15 is 0 Å². The molecule has 0 bridgehead atoms. The summed E-state index contributed by atoms with van der Waals surface area (Å²) in [5.74, 6) is 0. The van der Waals surface area contributed by atoms with E-state index in [4.69, 9.17) is 5.73 Å². The molecule has 3 N–H and O–H groups in total. The smallest absolute Gasteiger partial charge is 0.384 e. The molecule has 1 radical (unpaired) electrons. The third-order valence-corrected chi connectivity index (χ3v) is 1.64. The first-order chi connectivity index (χ1) is 5.86. The minimum Gasteiger partial charge on any atom is -0.384 e. The van der Waals surface area contributed by atoms with Gasteiger partial charge in [0.05, 0.1) is 0 Å². The summed E-state index contributed by atoms with van der Waals surface area (Å²) >= 11 is 0. The Hall–Kier alpha value is -1.20. The lowest BCUT2D eigenvalue weighted by molar-refractivity contribution is -0.808.